The summed E-state index contributed by atoms with van der Waals surface area (Å²) in [4.78, 5) is 21.1. The van der Waals surface area contributed by atoms with E-state index in [1.807, 2.05) is 28.8 Å². The maximum absolute atomic E-state index is 13.1. The summed E-state index contributed by atoms with van der Waals surface area (Å²) < 4.78 is 14.9. The third kappa shape index (κ3) is 5.20. The quantitative estimate of drug-likeness (QED) is 0.631. The van der Waals surface area contributed by atoms with Gasteiger partial charge in [-0.25, -0.2) is 14.2 Å². The first-order chi connectivity index (χ1) is 14.6. The van der Waals surface area contributed by atoms with Gasteiger partial charge in [0.1, 0.15) is 11.5 Å². The highest BCUT2D eigenvalue weighted by Gasteiger charge is 2.17. The van der Waals surface area contributed by atoms with Gasteiger partial charge in [-0.15, -0.1) is 0 Å². The number of nitrogens with zero attached hydrogens (tertiary/aromatic N) is 4. The van der Waals surface area contributed by atoms with Crippen molar-refractivity contribution in [3.05, 3.63) is 65.3 Å². The lowest BCUT2D eigenvalue weighted by Gasteiger charge is -2.36. The molecule has 1 aliphatic heterocycles. The van der Waals surface area contributed by atoms with Crippen LogP contribution in [0.25, 0.3) is 5.65 Å². The van der Waals surface area contributed by atoms with Crippen LogP contribution in [-0.4, -0.2) is 59.6 Å². The molecule has 0 radical (unpaired) electrons. The number of piperazine rings is 1. The summed E-state index contributed by atoms with van der Waals surface area (Å²) in [7, 11) is 0. The van der Waals surface area contributed by atoms with Gasteiger partial charge in [0.15, 0.2) is 0 Å². The number of halogens is 2. The van der Waals surface area contributed by atoms with Crippen molar-refractivity contribution < 1.29 is 9.18 Å². The third-order valence-corrected chi connectivity index (χ3v) is 5.40. The summed E-state index contributed by atoms with van der Waals surface area (Å²) >= 11 is 5.97. The van der Waals surface area contributed by atoms with Gasteiger partial charge in [-0.2, -0.15) is 0 Å². The monoisotopic (exact) mass is 430 g/mol. The molecule has 0 spiro atoms. The molecule has 2 amide bonds. The van der Waals surface area contributed by atoms with Crippen molar-refractivity contribution in [2.24, 2.45) is 0 Å². The molecular weight excluding hydrogens is 407 g/mol. The minimum atomic E-state index is -0.215. The van der Waals surface area contributed by atoms with Crippen molar-refractivity contribution in [1.29, 1.82) is 0 Å². The summed E-state index contributed by atoms with van der Waals surface area (Å²) in [6, 6.07) is 10.0. The first-order valence-electron chi connectivity index (χ1n) is 9.94. The molecule has 2 aromatic heterocycles. The zero-order chi connectivity index (χ0) is 20.9. The minimum Gasteiger partial charge on any atom is -0.369 e. The summed E-state index contributed by atoms with van der Waals surface area (Å²) in [5.74, 6) is -0.215. The summed E-state index contributed by atoms with van der Waals surface area (Å²) in [6.45, 7) is 5.29. The Balaban J connectivity index is 1.15. The Morgan fingerprint density at radius 3 is 2.57 bits per heavy atom. The number of carbonyl (C=O) groups excluding carboxylic acids is 1. The molecule has 1 aliphatic rings. The van der Waals surface area contributed by atoms with E-state index in [1.54, 1.807) is 12.3 Å². The average Bonchev–Trinajstić information content (AvgIpc) is 3.15. The highest BCUT2D eigenvalue weighted by atomic mass is 35.5. The molecule has 0 unspecified atom stereocenters. The van der Waals surface area contributed by atoms with E-state index >= 15 is 0 Å². The number of hydrogen-bond donors (Lipinski definition) is 2. The molecule has 3 aromatic rings. The van der Waals surface area contributed by atoms with E-state index in [2.05, 4.69) is 25.4 Å². The first-order valence-corrected chi connectivity index (χ1v) is 10.3. The summed E-state index contributed by atoms with van der Waals surface area (Å²) in [5, 5.41) is 6.35. The van der Waals surface area contributed by atoms with Crippen LogP contribution < -0.4 is 15.5 Å². The maximum atomic E-state index is 13.1. The van der Waals surface area contributed by atoms with Gasteiger partial charge in [-0.05, 0) is 36.4 Å². The highest BCUT2D eigenvalue weighted by molar-refractivity contribution is 6.30. The number of anilines is 1. The van der Waals surface area contributed by atoms with Crippen LogP contribution >= 0.6 is 11.6 Å². The number of aromatic nitrogens is 2. The Morgan fingerprint density at radius 1 is 1.03 bits per heavy atom. The molecule has 0 saturated carbocycles. The number of fused-ring (bicyclic) bond motifs is 1. The number of imidazole rings is 1. The fourth-order valence-corrected chi connectivity index (χ4v) is 3.71. The van der Waals surface area contributed by atoms with Crippen molar-refractivity contribution >= 4 is 29.0 Å². The molecule has 1 aromatic carbocycles. The molecule has 0 bridgehead atoms. The van der Waals surface area contributed by atoms with E-state index in [4.69, 9.17) is 11.6 Å². The lowest BCUT2D eigenvalue weighted by atomic mass is 10.2. The number of hydrogen-bond acceptors (Lipinski definition) is 4. The van der Waals surface area contributed by atoms with Gasteiger partial charge in [0.2, 0.25) is 0 Å². The van der Waals surface area contributed by atoms with E-state index < -0.39 is 0 Å². The van der Waals surface area contributed by atoms with Gasteiger partial charge >= 0.3 is 6.03 Å². The highest BCUT2D eigenvalue weighted by Crippen LogP contribution is 2.16. The van der Waals surface area contributed by atoms with E-state index in [-0.39, 0.29) is 11.8 Å². The predicted molar refractivity (Wildman–Crippen MR) is 115 cm³/mol. The van der Waals surface area contributed by atoms with Gasteiger partial charge in [0, 0.05) is 57.3 Å². The second kappa shape index (κ2) is 9.32. The topological polar surface area (TPSA) is 64.9 Å². The average molecular weight is 431 g/mol. The molecule has 1 saturated heterocycles. The molecule has 158 valence electrons. The van der Waals surface area contributed by atoms with Gasteiger partial charge in [-0.1, -0.05) is 11.6 Å². The van der Waals surface area contributed by atoms with Gasteiger partial charge < -0.3 is 19.9 Å². The second-order valence-electron chi connectivity index (χ2n) is 7.26. The van der Waals surface area contributed by atoms with Gasteiger partial charge in [-0.3, -0.25) is 4.90 Å². The number of amides is 2. The van der Waals surface area contributed by atoms with Crippen molar-refractivity contribution in [3.63, 3.8) is 0 Å². The molecule has 1 fully saturated rings. The molecule has 4 rings (SSSR count). The number of pyridine rings is 1. The van der Waals surface area contributed by atoms with Crippen LogP contribution in [0.2, 0.25) is 5.02 Å². The molecular formula is C21H24ClFN6O. The van der Waals surface area contributed by atoms with Crippen LogP contribution in [-0.2, 0) is 6.54 Å². The molecule has 2 N–H and O–H groups in total. The normalized spacial score (nSPS) is 14.8. The first kappa shape index (κ1) is 20.4. The largest absolute Gasteiger partial charge is 0.369 e. The Labute approximate surface area is 179 Å². The zero-order valence-electron chi connectivity index (χ0n) is 16.5. The Bertz CT molecular complexity index is 1000. The molecule has 3 heterocycles. The number of nitrogens with one attached hydrogen (secondary N) is 2. The lowest BCUT2D eigenvalue weighted by Crippen LogP contribution is -2.49. The molecule has 30 heavy (non-hydrogen) atoms. The number of rotatable bonds is 6. The van der Waals surface area contributed by atoms with E-state index in [0.29, 0.717) is 18.1 Å². The predicted octanol–water partition coefficient (Wildman–Crippen LogP) is 2.75. The standard InChI is InChI=1S/C21H24ClFN6O/c22-16-1-6-20-26-18(15-29(20)14-16)13-25-21(30)24-7-8-27-9-11-28(12-10-27)19-4-2-17(23)3-5-19/h1-6,14-15H,7-13H2,(H2,24,25,30). The fourth-order valence-electron chi connectivity index (χ4n) is 3.54. The maximum Gasteiger partial charge on any atom is 0.315 e. The van der Waals surface area contributed by atoms with Crippen LogP contribution in [0, 0.1) is 5.82 Å². The number of carbonyl (C=O) groups is 1. The Hall–Kier alpha value is -2.84. The second-order valence-corrected chi connectivity index (χ2v) is 7.70. The molecule has 0 aliphatic carbocycles. The number of benzene rings is 1. The SMILES string of the molecule is O=C(NCCN1CCN(c2ccc(F)cc2)CC1)NCc1cn2cc(Cl)ccc2n1. The fraction of sp³-hybridized carbons (Fsp3) is 0.333. The summed E-state index contributed by atoms with van der Waals surface area (Å²) in [5.41, 5.74) is 2.60. The van der Waals surface area contributed by atoms with E-state index in [0.717, 1.165) is 49.8 Å². The van der Waals surface area contributed by atoms with Gasteiger partial charge in [0.25, 0.3) is 0 Å². The van der Waals surface area contributed by atoms with E-state index in [1.165, 1.54) is 12.1 Å². The number of urea groups is 1. The third-order valence-electron chi connectivity index (χ3n) is 5.17. The van der Waals surface area contributed by atoms with Crippen LogP contribution in [0.4, 0.5) is 14.9 Å². The van der Waals surface area contributed by atoms with Crippen molar-refractivity contribution in [1.82, 2.24) is 24.9 Å². The summed E-state index contributed by atoms with van der Waals surface area (Å²) in [6.07, 6.45) is 3.63. The smallest absolute Gasteiger partial charge is 0.315 e. The van der Waals surface area contributed by atoms with Crippen molar-refractivity contribution in [2.75, 3.05) is 44.2 Å². The lowest BCUT2D eigenvalue weighted by molar-refractivity contribution is 0.231. The Morgan fingerprint density at radius 2 is 1.80 bits per heavy atom. The zero-order valence-corrected chi connectivity index (χ0v) is 17.3. The molecule has 9 heteroatoms. The van der Waals surface area contributed by atoms with E-state index in [9.17, 15) is 9.18 Å². The van der Waals surface area contributed by atoms with Crippen LogP contribution in [0.5, 0.6) is 0 Å². The van der Waals surface area contributed by atoms with Crippen LogP contribution in [0.15, 0.2) is 48.8 Å². The van der Waals surface area contributed by atoms with Crippen molar-refractivity contribution in [2.45, 2.75) is 6.54 Å². The van der Waals surface area contributed by atoms with Gasteiger partial charge in [0.05, 0.1) is 17.3 Å². The van der Waals surface area contributed by atoms with Crippen LogP contribution in [0.3, 0.4) is 0 Å². The minimum absolute atomic E-state index is 0.213. The Kier molecular flexibility index (Phi) is 6.35. The van der Waals surface area contributed by atoms with Crippen LogP contribution in [0.1, 0.15) is 5.69 Å². The molecule has 7 nitrogen and oxygen atoms in total. The molecule has 0 atom stereocenters. The van der Waals surface area contributed by atoms with Crippen molar-refractivity contribution in [3.8, 4) is 0 Å².